The molecule has 1 saturated heterocycles. The maximum Gasteiger partial charge on any atom is 0.220 e. The second kappa shape index (κ2) is 9.72. The Labute approximate surface area is 163 Å². The highest BCUT2D eigenvalue weighted by molar-refractivity contribution is 6.31. The molecule has 0 radical (unpaired) electrons. The standard InChI is InChI=1S/C21H33ClN2O2/c1-16(2)19-14-21(9-12-26-19,13-17-7-5-6-8-18(17)22)15-20(25)23-10-11-24(3)4/h5-8,16,19H,9-15H2,1-4H3,(H,23,25)/t19-,21-/m0/s1. The van der Waals surface area contributed by atoms with Crippen molar-refractivity contribution < 1.29 is 9.53 Å². The van der Waals surface area contributed by atoms with Crippen LogP contribution >= 0.6 is 11.6 Å². The molecule has 1 aliphatic rings. The summed E-state index contributed by atoms with van der Waals surface area (Å²) < 4.78 is 5.99. The van der Waals surface area contributed by atoms with Crippen molar-refractivity contribution in [2.24, 2.45) is 11.3 Å². The Morgan fingerprint density at radius 1 is 1.38 bits per heavy atom. The third-order valence-corrected chi connectivity index (χ3v) is 5.65. The van der Waals surface area contributed by atoms with E-state index < -0.39 is 0 Å². The van der Waals surface area contributed by atoms with E-state index in [9.17, 15) is 4.79 Å². The third-order valence-electron chi connectivity index (χ3n) is 5.28. The number of hydrogen-bond donors (Lipinski definition) is 1. The van der Waals surface area contributed by atoms with Crippen LogP contribution in [0, 0.1) is 11.3 Å². The molecule has 2 atom stereocenters. The molecule has 0 spiro atoms. The highest BCUT2D eigenvalue weighted by Gasteiger charge is 2.40. The minimum absolute atomic E-state index is 0.0968. The van der Waals surface area contributed by atoms with Gasteiger partial charge in [0.2, 0.25) is 5.91 Å². The van der Waals surface area contributed by atoms with Crippen LogP contribution in [0.5, 0.6) is 0 Å². The normalized spacial score (nSPS) is 23.4. The SMILES string of the molecule is CC(C)[C@@H]1C[C@@](CC(=O)NCCN(C)C)(Cc2ccccc2Cl)CCO1. The Morgan fingerprint density at radius 3 is 2.77 bits per heavy atom. The highest BCUT2D eigenvalue weighted by atomic mass is 35.5. The number of halogens is 1. The fourth-order valence-corrected chi connectivity index (χ4v) is 3.90. The molecule has 146 valence electrons. The molecule has 1 amide bonds. The number of likely N-dealkylation sites (N-methyl/N-ethyl adjacent to an activating group) is 1. The van der Waals surface area contributed by atoms with Gasteiger partial charge in [0, 0.05) is 31.1 Å². The van der Waals surface area contributed by atoms with E-state index in [4.69, 9.17) is 16.3 Å². The Morgan fingerprint density at radius 2 is 2.12 bits per heavy atom. The second-order valence-corrected chi connectivity index (χ2v) is 8.61. The van der Waals surface area contributed by atoms with Gasteiger partial charge in [-0.1, -0.05) is 43.6 Å². The van der Waals surface area contributed by atoms with Gasteiger partial charge in [-0.3, -0.25) is 4.79 Å². The maximum absolute atomic E-state index is 12.6. The largest absolute Gasteiger partial charge is 0.378 e. The molecule has 1 aromatic carbocycles. The van der Waals surface area contributed by atoms with Gasteiger partial charge in [-0.05, 0) is 56.3 Å². The minimum atomic E-state index is -0.0968. The lowest BCUT2D eigenvalue weighted by molar-refractivity contribution is -0.128. The fraction of sp³-hybridized carbons (Fsp3) is 0.667. The summed E-state index contributed by atoms with van der Waals surface area (Å²) in [6.07, 6.45) is 3.33. The molecule has 1 aliphatic heterocycles. The first-order valence-electron chi connectivity index (χ1n) is 9.58. The van der Waals surface area contributed by atoms with Crippen LogP contribution < -0.4 is 5.32 Å². The van der Waals surface area contributed by atoms with Gasteiger partial charge in [-0.2, -0.15) is 0 Å². The van der Waals surface area contributed by atoms with Crippen molar-refractivity contribution >= 4 is 17.5 Å². The van der Waals surface area contributed by atoms with Gasteiger partial charge in [-0.25, -0.2) is 0 Å². The number of hydrogen-bond acceptors (Lipinski definition) is 3. The Hall–Kier alpha value is -1.10. The fourth-order valence-electron chi connectivity index (χ4n) is 3.69. The molecule has 1 N–H and O–H groups in total. The smallest absolute Gasteiger partial charge is 0.220 e. The predicted molar refractivity (Wildman–Crippen MR) is 108 cm³/mol. The van der Waals surface area contributed by atoms with E-state index >= 15 is 0 Å². The zero-order valence-electron chi connectivity index (χ0n) is 16.6. The highest BCUT2D eigenvalue weighted by Crippen LogP contribution is 2.42. The van der Waals surface area contributed by atoms with Crippen LogP contribution in [0.4, 0.5) is 0 Å². The van der Waals surface area contributed by atoms with Crippen molar-refractivity contribution in [3.05, 3.63) is 34.9 Å². The van der Waals surface area contributed by atoms with Crippen LogP contribution in [-0.2, 0) is 16.0 Å². The lowest BCUT2D eigenvalue weighted by Crippen LogP contribution is -2.43. The topological polar surface area (TPSA) is 41.6 Å². The van der Waals surface area contributed by atoms with Crippen molar-refractivity contribution in [1.29, 1.82) is 0 Å². The molecule has 1 heterocycles. The molecule has 2 rings (SSSR count). The summed E-state index contributed by atoms with van der Waals surface area (Å²) in [5.74, 6) is 0.570. The number of carbonyl (C=O) groups is 1. The van der Waals surface area contributed by atoms with Crippen LogP contribution in [0.1, 0.15) is 38.7 Å². The van der Waals surface area contributed by atoms with E-state index in [1.807, 2.05) is 32.3 Å². The van der Waals surface area contributed by atoms with Gasteiger partial charge in [-0.15, -0.1) is 0 Å². The third kappa shape index (κ3) is 6.26. The molecule has 5 heteroatoms. The van der Waals surface area contributed by atoms with Gasteiger partial charge in [0.1, 0.15) is 0 Å². The van der Waals surface area contributed by atoms with Crippen molar-refractivity contribution in [2.45, 2.75) is 45.6 Å². The van der Waals surface area contributed by atoms with Gasteiger partial charge in [0.15, 0.2) is 0 Å². The van der Waals surface area contributed by atoms with Gasteiger partial charge >= 0.3 is 0 Å². The minimum Gasteiger partial charge on any atom is -0.378 e. The molecule has 1 fully saturated rings. The van der Waals surface area contributed by atoms with Crippen molar-refractivity contribution in [3.8, 4) is 0 Å². The molecule has 26 heavy (non-hydrogen) atoms. The first-order chi connectivity index (χ1) is 12.3. The molecule has 0 aliphatic carbocycles. The average molecular weight is 381 g/mol. The van der Waals surface area contributed by atoms with E-state index in [0.29, 0.717) is 25.5 Å². The number of amides is 1. The van der Waals surface area contributed by atoms with Crippen molar-refractivity contribution in [3.63, 3.8) is 0 Å². The molecule has 0 saturated carbocycles. The predicted octanol–water partition coefficient (Wildman–Crippen LogP) is 3.77. The lowest BCUT2D eigenvalue weighted by Gasteiger charge is -2.42. The first-order valence-corrected chi connectivity index (χ1v) is 9.95. The number of benzene rings is 1. The lowest BCUT2D eigenvalue weighted by atomic mass is 9.69. The molecular formula is C21H33ClN2O2. The summed E-state index contributed by atoms with van der Waals surface area (Å²) in [6, 6.07) is 7.98. The van der Waals surface area contributed by atoms with Crippen molar-refractivity contribution in [2.75, 3.05) is 33.8 Å². The summed E-state index contributed by atoms with van der Waals surface area (Å²) in [7, 11) is 4.02. The van der Waals surface area contributed by atoms with Crippen LogP contribution in [0.25, 0.3) is 0 Å². The first kappa shape index (κ1) is 21.2. The molecule has 4 nitrogen and oxygen atoms in total. The second-order valence-electron chi connectivity index (χ2n) is 8.21. The van der Waals surface area contributed by atoms with Crippen molar-refractivity contribution in [1.82, 2.24) is 10.2 Å². The summed E-state index contributed by atoms with van der Waals surface area (Å²) in [6.45, 7) is 6.61. The molecule has 1 aromatic rings. The Bertz CT molecular complexity index is 591. The molecule has 0 bridgehead atoms. The van der Waals surface area contributed by atoms with E-state index in [2.05, 4.69) is 30.1 Å². The van der Waals surface area contributed by atoms with E-state index in [1.165, 1.54) is 0 Å². The molecule has 0 unspecified atom stereocenters. The van der Waals surface area contributed by atoms with Crippen LogP contribution in [0.3, 0.4) is 0 Å². The summed E-state index contributed by atoms with van der Waals surface area (Å²) in [4.78, 5) is 14.7. The van der Waals surface area contributed by atoms with Crippen LogP contribution in [0.2, 0.25) is 5.02 Å². The number of nitrogens with zero attached hydrogens (tertiary/aromatic N) is 1. The van der Waals surface area contributed by atoms with E-state index in [1.54, 1.807) is 0 Å². The van der Waals surface area contributed by atoms with Gasteiger partial charge < -0.3 is 15.0 Å². The Kier molecular flexibility index (Phi) is 7.93. The number of ether oxygens (including phenoxy) is 1. The zero-order valence-corrected chi connectivity index (χ0v) is 17.3. The van der Waals surface area contributed by atoms with E-state index in [-0.39, 0.29) is 17.4 Å². The molecule has 0 aromatic heterocycles. The number of nitrogens with one attached hydrogen (secondary N) is 1. The molecular weight excluding hydrogens is 348 g/mol. The number of carbonyl (C=O) groups excluding carboxylic acids is 1. The monoisotopic (exact) mass is 380 g/mol. The summed E-state index contributed by atoms with van der Waals surface area (Å²) >= 11 is 6.42. The quantitative estimate of drug-likeness (QED) is 0.746. The average Bonchev–Trinajstić information content (AvgIpc) is 2.56. The van der Waals surface area contributed by atoms with Crippen LogP contribution in [0.15, 0.2) is 24.3 Å². The number of rotatable bonds is 8. The van der Waals surface area contributed by atoms with Crippen LogP contribution in [-0.4, -0.2) is 50.7 Å². The van der Waals surface area contributed by atoms with Gasteiger partial charge in [0.25, 0.3) is 0 Å². The maximum atomic E-state index is 12.6. The van der Waals surface area contributed by atoms with E-state index in [0.717, 1.165) is 36.4 Å². The summed E-state index contributed by atoms with van der Waals surface area (Å²) in [5.41, 5.74) is 1.03. The Balaban J connectivity index is 2.13. The van der Waals surface area contributed by atoms with Gasteiger partial charge in [0.05, 0.1) is 6.10 Å². The summed E-state index contributed by atoms with van der Waals surface area (Å²) in [5, 5.41) is 3.86. The zero-order chi connectivity index (χ0) is 19.2.